The monoisotopic (exact) mass is 264 g/mol. The molecule has 3 fully saturated rings. The Morgan fingerprint density at radius 3 is 2.79 bits per heavy atom. The van der Waals surface area contributed by atoms with Gasteiger partial charge < -0.3 is 19.7 Å². The normalized spacial score (nSPS) is 29.6. The Bertz CT molecular complexity index is 475. The number of carboxylic acids is 1. The molecule has 0 spiro atoms. The molecule has 3 aliphatic rings. The van der Waals surface area contributed by atoms with E-state index in [1.807, 2.05) is 0 Å². The maximum atomic E-state index is 11.0. The second kappa shape index (κ2) is 4.98. The Morgan fingerprint density at radius 1 is 1.53 bits per heavy atom. The van der Waals surface area contributed by atoms with Crippen molar-refractivity contribution in [1.29, 1.82) is 0 Å². The lowest BCUT2D eigenvalue weighted by Gasteiger charge is -2.45. The van der Waals surface area contributed by atoms with Crippen molar-refractivity contribution in [3.8, 4) is 0 Å². The van der Waals surface area contributed by atoms with Crippen molar-refractivity contribution in [2.75, 3.05) is 19.6 Å². The van der Waals surface area contributed by atoms with Gasteiger partial charge in [0.05, 0.1) is 6.54 Å². The molecule has 104 valence electrons. The molecule has 1 aromatic rings. The first kappa shape index (κ1) is 12.7. The zero-order chi connectivity index (χ0) is 13.4. The number of piperidine rings is 3. The molecule has 1 atom stereocenters. The van der Waals surface area contributed by atoms with Gasteiger partial charge in [0, 0.05) is 12.6 Å². The number of furan rings is 1. The summed E-state index contributed by atoms with van der Waals surface area (Å²) in [7, 11) is 0. The highest BCUT2D eigenvalue weighted by Gasteiger charge is 2.33. The van der Waals surface area contributed by atoms with Crippen LogP contribution in [-0.2, 0) is 6.54 Å². The van der Waals surface area contributed by atoms with Crippen molar-refractivity contribution in [3.05, 3.63) is 23.2 Å². The zero-order valence-electron chi connectivity index (χ0n) is 11.2. The summed E-state index contributed by atoms with van der Waals surface area (Å²) in [6.45, 7) is 5.87. The van der Waals surface area contributed by atoms with E-state index in [2.05, 4.69) is 10.2 Å². The minimum Gasteiger partial charge on any atom is -0.478 e. The topological polar surface area (TPSA) is 65.7 Å². The summed E-state index contributed by atoms with van der Waals surface area (Å²) < 4.78 is 5.49. The van der Waals surface area contributed by atoms with Crippen molar-refractivity contribution >= 4 is 5.97 Å². The van der Waals surface area contributed by atoms with E-state index >= 15 is 0 Å². The summed E-state index contributed by atoms with van der Waals surface area (Å²) in [5, 5.41) is 12.5. The number of hydrogen-bond donors (Lipinski definition) is 2. The fraction of sp³-hybridized carbons (Fsp3) is 0.643. The minimum absolute atomic E-state index is 0.269. The quantitative estimate of drug-likeness (QED) is 0.862. The summed E-state index contributed by atoms with van der Waals surface area (Å²) in [4.78, 5) is 13.5. The molecule has 0 saturated carbocycles. The van der Waals surface area contributed by atoms with E-state index in [-0.39, 0.29) is 5.56 Å². The van der Waals surface area contributed by atoms with Crippen LogP contribution in [0.5, 0.6) is 0 Å². The van der Waals surface area contributed by atoms with Gasteiger partial charge in [-0.05, 0) is 44.8 Å². The van der Waals surface area contributed by atoms with Gasteiger partial charge in [-0.15, -0.1) is 0 Å². The fourth-order valence-corrected chi connectivity index (χ4v) is 3.27. The molecule has 1 unspecified atom stereocenters. The predicted octanol–water partition coefficient (Wildman–Crippen LogP) is 1.47. The van der Waals surface area contributed by atoms with Gasteiger partial charge in [-0.2, -0.15) is 0 Å². The molecule has 1 aromatic heterocycles. The van der Waals surface area contributed by atoms with Gasteiger partial charge in [0.15, 0.2) is 0 Å². The third-order valence-electron chi connectivity index (χ3n) is 4.39. The smallest absolute Gasteiger partial charge is 0.339 e. The Labute approximate surface area is 112 Å². The van der Waals surface area contributed by atoms with Crippen LogP contribution >= 0.6 is 0 Å². The van der Waals surface area contributed by atoms with E-state index in [9.17, 15) is 4.79 Å². The number of fused-ring (bicyclic) bond motifs is 3. The van der Waals surface area contributed by atoms with Gasteiger partial charge in [-0.25, -0.2) is 4.79 Å². The second-order valence-electron chi connectivity index (χ2n) is 5.61. The van der Waals surface area contributed by atoms with Crippen molar-refractivity contribution in [2.45, 2.75) is 32.4 Å². The van der Waals surface area contributed by atoms with Crippen LogP contribution in [0.1, 0.15) is 34.7 Å². The first-order valence-electron chi connectivity index (χ1n) is 6.92. The van der Waals surface area contributed by atoms with Crippen LogP contribution in [0.15, 0.2) is 10.5 Å². The number of carbonyl (C=O) groups is 1. The van der Waals surface area contributed by atoms with E-state index in [0.717, 1.165) is 12.5 Å². The lowest BCUT2D eigenvalue weighted by atomic mass is 9.84. The van der Waals surface area contributed by atoms with Crippen LogP contribution < -0.4 is 5.32 Å². The first-order valence-corrected chi connectivity index (χ1v) is 6.92. The first-order chi connectivity index (χ1) is 9.13. The standard InChI is InChI=1S/C14H20N2O3/c1-9-12(14(17)18)6-11(19-9)7-15-13-8-16-4-2-10(13)3-5-16/h6,10,13,15H,2-5,7-8H2,1H3,(H,17,18). The Morgan fingerprint density at radius 2 is 2.26 bits per heavy atom. The van der Waals surface area contributed by atoms with Gasteiger partial charge in [-0.3, -0.25) is 0 Å². The average molecular weight is 264 g/mol. The van der Waals surface area contributed by atoms with Crippen LogP contribution in [0.3, 0.4) is 0 Å². The zero-order valence-corrected chi connectivity index (χ0v) is 11.2. The van der Waals surface area contributed by atoms with E-state index in [1.165, 1.54) is 25.9 Å². The van der Waals surface area contributed by atoms with Crippen LogP contribution in [-0.4, -0.2) is 41.7 Å². The molecule has 0 amide bonds. The Kier molecular flexibility index (Phi) is 3.33. The average Bonchev–Trinajstić information content (AvgIpc) is 2.79. The molecule has 3 saturated heterocycles. The molecule has 0 aliphatic carbocycles. The van der Waals surface area contributed by atoms with E-state index in [4.69, 9.17) is 9.52 Å². The number of rotatable bonds is 4. The summed E-state index contributed by atoms with van der Waals surface area (Å²) in [6, 6.07) is 2.15. The molecule has 5 heteroatoms. The molecule has 2 bridgehead atoms. The third-order valence-corrected chi connectivity index (χ3v) is 4.39. The van der Waals surface area contributed by atoms with Gasteiger partial charge in [0.1, 0.15) is 17.1 Å². The lowest BCUT2D eigenvalue weighted by molar-refractivity contribution is 0.0695. The summed E-state index contributed by atoms with van der Waals surface area (Å²) >= 11 is 0. The molecule has 4 heterocycles. The highest BCUT2D eigenvalue weighted by molar-refractivity contribution is 5.88. The molecule has 0 radical (unpaired) electrons. The van der Waals surface area contributed by atoms with Gasteiger partial charge in [0.2, 0.25) is 0 Å². The van der Waals surface area contributed by atoms with Gasteiger partial charge in [-0.1, -0.05) is 0 Å². The summed E-state index contributed by atoms with van der Waals surface area (Å²) in [6.07, 6.45) is 2.55. The third kappa shape index (κ3) is 2.53. The number of nitrogens with one attached hydrogen (secondary N) is 1. The van der Waals surface area contributed by atoms with Crippen LogP contribution in [0.4, 0.5) is 0 Å². The van der Waals surface area contributed by atoms with Crippen LogP contribution in [0.2, 0.25) is 0 Å². The second-order valence-corrected chi connectivity index (χ2v) is 5.61. The predicted molar refractivity (Wildman–Crippen MR) is 70.2 cm³/mol. The molecule has 3 aliphatic heterocycles. The molecule has 2 N–H and O–H groups in total. The van der Waals surface area contributed by atoms with Crippen molar-refractivity contribution < 1.29 is 14.3 Å². The highest BCUT2D eigenvalue weighted by atomic mass is 16.4. The van der Waals surface area contributed by atoms with Crippen LogP contribution in [0, 0.1) is 12.8 Å². The number of nitrogens with zero attached hydrogens (tertiary/aromatic N) is 1. The minimum atomic E-state index is -0.921. The van der Waals surface area contributed by atoms with Crippen molar-refractivity contribution in [3.63, 3.8) is 0 Å². The summed E-state index contributed by atoms with van der Waals surface area (Å²) in [5.41, 5.74) is 0.269. The number of aryl methyl sites for hydroxylation is 1. The number of aromatic carboxylic acids is 1. The highest BCUT2D eigenvalue weighted by Crippen LogP contribution is 2.27. The van der Waals surface area contributed by atoms with Gasteiger partial charge in [0.25, 0.3) is 0 Å². The molecule has 19 heavy (non-hydrogen) atoms. The van der Waals surface area contributed by atoms with E-state index < -0.39 is 5.97 Å². The van der Waals surface area contributed by atoms with Crippen LogP contribution in [0.25, 0.3) is 0 Å². The maximum absolute atomic E-state index is 11.0. The maximum Gasteiger partial charge on any atom is 0.339 e. The van der Waals surface area contributed by atoms with Crippen molar-refractivity contribution in [2.24, 2.45) is 5.92 Å². The largest absolute Gasteiger partial charge is 0.478 e. The summed E-state index contributed by atoms with van der Waals surface area (Å²) in [5.74, 6) is 1.04. The molecule has 0 aromatic carbocycles. The molecular formula is C14H20N2O3. The van der Waals surface area contributed by atoms with Gasteiger partial charge >= 0.3 is 5.97 Å². The van der Waals surface area contributed by atoms with Crippen molar-refractivity contribution in [1.82, 2.24) is 10.2 Å². The Balaban J connectivity index is 1.60. The molecule has 4 rings (SSSR count). The Hall–Kier alpha value is -1.33. The number of carboxylic acid groups (broad SMARTS) is 1. The number of hydrogen-bond acceptors (Lipinski definition) is 4. The SMILES string of the molecule is Cc1oc(CNC2CN3CCC2CC3)cc1C(=O)O. The fourth-order valence-electron chi connectivity index (χ4n) is 3.27. The van der Waals surface area contributed by atoms with E-state index in [0.29, 0.717) is 24.1 Å². The van der Waals surface area contributed by atoms with E-state index in [1.54, 1.807) is 13.0 Å². The lowest BCUT2D eigenvalue weighted by Crippen LogP contribution is -2.55. The molecular weight excluding hydrogens is 244 g/mol. The molecule has 5 nitrogen and oxygen atoms in total.